The average molecular weight is 263 g/mol. The highest BCUT2D eigenvalue weighted by Crippen LogP contribution is 2.34. The van der Waals surface area contributed by atoms with Gasteiger partial charge < -0.3 is 0 Å². The van der Waals surface area contributed by atoms with Crippen molar-refractivity contribution in [1.82, 2.24) is 4.72 Å². The third-order valence-corrected chi connectivity index (χ3v) is 4.49. The van der Waals surface area contributed by atoms with E-state index in [2.05, 4.69) is 4.72 Å². The van der Waals surface area contributed by atoms with Crippen LogP contribution in [0.1, 0.15) is 17.2 Å². The van der Waals surface area contributed by atoms with E-state index in [9.17, 15) is 12.8 Å². The molecule has 0 bridgehead atoms. The molecular formula is C13H10FNO2S. The van der Waals surface area contributed by atoms with Crippen LogP contribution in [-0.4, -0.2) is 8.42 Å². The number of benzene rings is 2. The molecule has 1 aliphatic rings. The molecular weight excluding hydrogens is 253 g/mol. The number of rotatable bonds is 1. The van der Waals surface area contributed by atoms with E-state index in [1.807, 2.05) is 0 Å². The highest BCUT2D eigenvalue weighted by Gasteiger charge is 2.34. The van der Waals surface area contributed by atoms with Gasteiger partial charge in [-0.1, -0.05) is 30.3 Å². The molecule has 0 amide bonds. The standard InChI is InChI=1S/C13H10FNO2S/c14-10-7-5-9(6-8-10)13-11-3-1-2-4-12(11)18(16,17)15-13/h1-8,13,15H/t13-/m1/s1. The Labute approximate surface area is 104 Å². The Hall–Kier alpha value is -1.72. The summed E-state index contributed by atoms with van der Waals surface area (Å²) < 4.78 is 39.3. The summed E-state index contributed by atoms with van der Waals surface area (Å²) in [4.78, 5) is 0.291. The third-order valence-electron chi connectivity index (χ3n) is 3.00. The molecule has 0 spiro atoms. The van der Waals surface area contributed by atoms with Crippen molar-refractivity contribution in [3.05, 3.63) is 65.5 Å². The maximum absolute atomic E-state index is 12.9. The fraction of sp³-hybridized carbons (Fsp3) is 0.0769. The van der Waals surface area contributed by atoms with Gasteiger partial charge in [0.05, 0.1) is 10.9 Å². The van der Waals surface area contributed by atoms with E-state index in [0.717, 1.165) is 5.56 Å². The van der Waals surface area contributed by atoms with Crippen molar-refractivity contribution < 1.29 is 12.8 Å². The Balaban J connectivity index is 2.14. The van der Waals surface area contributed by atoms with Crippen molar-refractivity contribution in [3.8, 4) is 0 Å². The molecule has 1 N–H and O–H groups in total. The van der Waals surface area contributed by atoms with Crippen LogP contribution >= 0.6 is 0 Å². The van der Waals surface area contributed by atoms with Crippen molar-refractivity contribution in [1.29, 1.82) is 0 Å². The minimum absolute atomic E-state index is 0.291. The Kier molecular flexibility index (Phi) is 2.46. The fourth-order valence-electron chi connectivity index (χ4n) is 2.15. The average Bonchev–Trinajstić information content (AvgIpc) is 2.63. The molecule has 0 aromatic heterocycles. The molecule has 3 nitrogen and oxygen atoms in total. The second-order valence-corrected chi connectivity index (χ2v) is 5.83. The smallest absolute Gasteiger partial charge is 0.207 e. The summed E-state index contributed by atoms with van der Waals surface area (Å²) in [6.07, 6.45) is 0. The van der Waals surface area contributed by atoms with E-state index in [-0.39, 0.29) is 5.82 Å². The molecule has 0 aliphatic carbocycles. The van der Waals surface area contributed by atoms with E-state index < -0.39 is 16.1 Å². The molecule has 92 valence electrons. The normalized spacial score (nSPS) is 20.6. The molecule has 0 saturated heterocycles. The van der Waals surface area contributed by atoms with E-state index in [0.29, 0.717) is 10.5 Å². The molecule has 0 fully saturated rings. The number of halogens is 1. The number of hydrogen-bond donors (Lipinski definition) is 1. The fourth-order valence-corrected chi connectivity index (χ4v) is 3.60. The Morgan fingerprint density at radius 1 is 1.00 bits per heavy atom. The highest BCUT2D eigenvalue weighted by atomic mass is 32.2. The van der Waals surface area contributed by atoms with Crippen LogP contribution in [0.4, 0.5) is 4.39 Å². The van der Waals surface area contributed by atoms with Crippen molar-refractivity contribution in [2.45, 2.75) is 10.9 Å². The first-order valence-electron chi connectivity index (χ1n) is 5.45. The molecule has 0 saturated carbocycles. The summed E-state index contributed by atoms with van der Waals surface area (Å²) in [5.41, 5.74) is 1.43. The van der Waals surface area contributed by atoms with Crippen LogP contribution in [0.15, 0.2) is 53.4 Å². The zero-order valence-electron chi connectivity index (χ0n) is 9.30. The van der Waals surface area contributed by atoms with Gasteiger partial charge in [0.1, 0.15) is 5.82 Å². The largest absolute Gasteiger partial charge is 0.241 e. The van der Waals surface area contributed by atoms with Crippen molar-refractivity contribution in [2.75, 3.05) is 0 Å². The quantitative estimate of drug-likeness (QED) is 0.857. The van der Waals surface area contributed by atoms with Gasteiger partial charge in [0.2, 0.25) is 10.0 Å². The van der Waals surface area contributed by atoms with Gasteiger partial charge in [-0.3, -0.25) is 0 Å². The predicted octanol–water partition coefficient (Wildman–Crippen LogP) is 2.21. The summed E-state index contributed by atoms with van der Waals surface area (Å²) >= 11 is 0. The van der Waals surface area contributed by atoms with E-state index in [1.165, 1.54) is 12.1 Å². The molecule has 1 heterocycles. The van der Waals surface area contributed by atoms with Gasteiger partial charge in [-0.2, -0.15) is 4.72 Å². The van der Waals surface area contributed by atoms with Gasteiger partial charge in [0.15, 0.2) is 0 Å². The van der Waals surface area contributed by atoms with Crippen LogP contribution < -0.4 is 4.72 Å². The van der Waals surface area contributed by atoms with Crippen LogP contribution in [0.2, 0.25) is 0 Å². The van der Waals surface area contributed by atoms with Crippen LogP contribution in [0.5, 0.6) is 0 Å². The molecule has 2 aromatic carbocycles. The molecule has 5 heteroatoms. The number of sulfonamides is 1. The SMILES string of the molecule is O=S1(=O)N[C@H](c2ccc(F)cc2)c2ccccc21. The lowest BCUT2D eigenvalue weighted by molar-refractivity contribution is 0.585. The first-order chi connectivity index (χ1) is 8.58. The highest BCUT2D eigenvalue weighted by molar-refractivity contribution is 7.89. The summed E-state index contributed by atoms with van der Waals surface area (Å²) in [7, 11) is -3.46. The summed E-state index contributed by atoms with van der Waals surface area (Å²) in [5.74, 6) is -0.340. The molecule has 1 atom stereocenters. The lowest BCUT2D eigenvalue weighted by Crippen LogP contribution is -2.20. The number of nitrogens with one attached hydrogen (secondary N) is 1. The minimum atomic E-state index is -3.46. The van der Waals surface area contributed by atoms with Crippen LogP contribution in [0.25, 0.3) is 0 Å². The minimum Gasteiger partial charge on any atom is -0.207 e. The van der Waals surface area contributed by atoms with Gasteiger partial charge in [0.25, 0.3) is 0 Å². The second kappa shape index (κ2) is 3.90. The van der Waals surface area contributed by atoms with E-state index in [4.69, 9.17) is 0 Å². The van der Waals surface area contributed by atoms with Gasteiger partial charge >= 0.3 is 0 Å². The summed E-state index contributed by atoms with van der Waals surface area (Å²) in [5, 5.41) is 0. The van der Waals surface area contributed by atoms with Crippen molar-refractivity contribution >= 4 is 10.0 Å². The van der Waals surface area contributed by atoms with E-state index in [1.54, 1.807) is 36.4 Å². The maximum Gasteiger partial charge on any atom is 0.241 e. The van der Waals surface area contributed by atoms with E-state index >= 15 is 0 Å². The van der Waals surface area contributed by atoms with Gasteiger partial charge in [-0.15, -0.1) is 0 Å². The monoisotopic (exact) mass is 263 g/mol. The van der Waals surface area contributed by atoms with Crippen LogP contribution in [-0.2, 0) is 10.0 Å². The molecule has 1 aliphatic heterocycles. The topological polar surface area (TPSA) is 46.2 Å². The van der Waals surface area contributed by atoms with Gasteiger partial charge in [-0.25, -0.2) is 12.8 Å². The predicted molar refractivity (Wildman–Crippen MR) is 65.0 cm³/mol. The zero-order valence-corrected chi connectivity index (χ0v) is 10.1. The summed E-state index contributed by atoms with van der Waals surface area (Å²) in [6, 6.07) is 12.2. The maximum atomic E-state index is 12.9. The van der Waals surface area contributed by atoms with Crippen LogP contribution in [0.3, 0.4) is 0 Å². The molecule has 3 rings (SSSR count). The molecule has 0 radical (unpaired) electrons. The van der Waals surface area contributed by atoms with Crippen molar-refractivity contribution in [3.63, 3.8) is 0 Å². The summed E-state index contributed by atoms with van der Waals surface area (Å²) in [6.45, 7) is 0. The molecule has 0 unspecified atom stereocenters. The lowest BCUT2D eigenvalue weighted by Gasteiger charge is -2.10. The third kappa shape index (κ3) is 1.72. The second-order valence-electron chi connectivity index (χ2n) is 4.14. The lowest BCUT2D eigenvalue weighted by atomic mass is 10.00. The first kappa shape index (κ1) is 11.4. The van der Waals surface area contributed by atoms with Crippen molar-refractivity contribution in [2.24, 2.45) is 0 Å². The van der Waals surface area contributed by atoms with Gasteiger partial charge in [0, 0.05) is 0 Å². The van der Waals surface area contributed by atoms with Crippen LogP contribution in [0, 0.1) is 5.82 Å². The number of fused-ring (bicyclic) bond motifs is 1. The van der Waals surface area contributed by atoms with Gasteiger partial charge in [-0.05, 0) is 29.3 Å². The Bertz CT molecular complexity index is 695. The zero-order chi connectivity index (χ0) is 12.8. The molecule has 18 heavy (non-hydrogen) atoms. The Morgan fingerprint density at radius 2 is 1.67 bits per heavy atom. The Morgan fingerprint density at radius 3 is 2.39 bits per heavy atom. The first-order valence-corrected chi connectivity index (χ1v) is 6.93. The number of hydrogen-bond acceptors (Lipinski definition) is 2. The molecule has 2 aromatic rings.